The van der Waals surface area contributed by atoms with Crippen molar-refractivity contribution < 1.29 is 9.53 Å². The van der Waals surface area contributed by atoms with Crippen LogP contribution in [0.2, 0.25) is 5.02 Å². The van der Waals surface area contributed by atoms with Gasteiger partial charge in [0.1, 0.15) is 17.4 Å². The minimum atomic E-state index is -0.615. The Balaban J connectivity index is 1.91. The van der Waals surface area contributed by atoms with Gasteiger partial charge in [0, 0.05) is 23.8 Å². The molecule has 1 aromatic carbocycles. The van der Waals surface area contributed by atoms with E-state index in [1.165, 1.54) is 6.07 Å². The van der Waals surface area contributed by atoms with Crippen LogP contribution in [0.15, 0.2) is 30.3 Å². The molecule has 6 N–H and O–H groups in total. The van der Waals surface area contributed by atoms with E-state index in [-0.39, 0.29) is 17.6 Å². The van der Waals surface area contributed by atoms with E-state index >= 15 is 0 Å². The number of primary amides is 1. The van der Waals surface area contributed by atoms with Gasteiger partial charge in [0.15, 0.2) is 0 Å². The van der Waals surface area contributed by atoms with E-state index in [1.54, 1.807) is 13.2 Å². The maximum Gasteiger partial charge on any atom is 0.252 e. The van der Waals surface area contributed by atoms with E-state index in [0.29, 0.717) is 28.1 Å². The van der Waals surface area contributed by atoms with Crippen LogP contribution >= 0.6 is 11.6 Å². The summed E-state index contributed by atoms with van der Waals surface area (Å²) in [6.07, 6.45) is 4.15. The molecular weight excluding hydrogens is 366 g/mol. The molecular formula is C19H24ClN5O2. The fourth-order valence-corrected chi connectivity index (χ4v) is 3.43. The second kappa shape index (κ2) is 8.45. The number of amides is 1. The number of methoxy groups -OCH3 is 1. The minimum Gasteiger partial charge on any atom is -0.497 e. The van der Waals surface area contributed by atoms with Gasteiger partial charge in [-0.05, 0) is 31.0 Å². The molecule has 1 aliphatic carbocycles. The number of hydrogen-bond acceptors (Lipinski definition) is 6. The lowest BCUT2D eigenvalue weighted by Crippen LogP contribution is -2.42. The van der Waals surface area contributed by atoms with E-state index in [9.17, 15) is 4.79 Å². The summed E-state index contributed by atoms with van der Waals surface area (Å²) in [5, 5.41) is 6.78. The molecule has 1 amide bonds. The molecule has 2 aromatic rings. The molecule has 1 fully saturated rings. The Labute approximate surface area is 163 Å². The highest BCUT2D eigenvalue weighted by atomic mass is 35.5. The Hall–Kier alpha value is -2.51. The Morgan fingerprint density at radius 1 is 1.26 bits per heavy atom. The molecule has 7 nitrogen and oxygen atoms in total. The summed E-state index contributed by atoms with van der Waals surface area (Å²) < 4.78 is 5.23. The molecule has 144 valence electrons. The molecule has 8 heteroatoms. The van der Waals surface area contributed by atoms with E-state index in [4.69, 9.17) is 27.8 Å². The number of rotatable bonds is 6. The number of aromatic nitrogens is 1. The summed E-state index contributed by atoms with van der Waals surface area (Å²) in [7, 11) is 1.59. The molecule has 27 heavy (non-hydrogen) atoms. The third kappa shape index (κ3) is 4.61. The van der Waals surface area contributed by atoms with Crippen molar-refractivity contribution in [3.8, 4) is 5.75 Å². The number of hydrogen-bond donors (Lipinski definition) is 4. The number of halogens is 1. The summed E-state index contributed by atoms with van der Waals surface area (Å²) in [6.45, 7) is 0. The van der Waals surface area contributed by atoms with Crippen molar-refractivity contribution in [2.45, 2.75) is 37.8 Å². The first kappa shape index (κ1) is 19.3. The maximum atomic E-state index is 11.9. The SMILES string of the molecule is COc1cccc(Nc2nc(N[C@@H]3CCCC[C@@H]3N)c(Cl)cc2C(N)=O)c1. The number of pyridine rings is 1. The fourth-order valence-electron chi connectivity index (χ4n) is 3.23. The Kier molecular flexibility index (Phi) is 6.03. The molecule has 0 spiro atoms. The number of nitrogens with one attached hydrogen (secondary N) is 2. The van der Waals surface area contributed by atoms with Gasteiger partial charge in [-0.2, -0.15) is 0 Å². The van der Waals surface area contributed by atoms with Crippen LogP contribution in [0.3, 0.4) is 0 Å². The highest BCUT2D eigenvalue weighted by Crippen LogP contribution is 2.30. The molecule has 1 saturated carbocycles. The standard InChI is InChI=1S/C19H24ClN5O2/c1-27-12-6-4-5-11(9-12)23-18-13(17(22)26)10-14(20)19(25-18)24-16-8-3-2-7-15(16)21/h4-6,9-10,15-16H,2-3,7-8,21H2,1H3,(H2,22,26)(H2,23,24,25)/t15-,16+/m0/s1. The topological polar surface area (TPSA) is 115 Å². The van der Waals surface area contributed by atoms with Crippen LogP contribution in [0, 0.1) is 0 Å². The van der Waals surface area contributed by atoms with Crippen molar-refractivity contribution in [3.63, 3.8) is 0 Å². The van der Waals surface area contributed by atoms with Crippen LogP contribution < -0.4 is 26.8 Å². The molecule has 0 saturated heterocycles. The summed E-state index contributed by atoms with van der Waals surface area (Å²) in [4.78, 5) is 16.4. The number of nitrogens with two attached hydrogens (primary N) is 2. The van der Waals surface area contributed by atoms with Crippen molar-refractivity contribution in [1.29, 1.82) is 0 Å². The van der Waals surface area contributed by atoms with Gasteiger partial charge in [-0.3, -0.25) is 4.79 Å². The minimum absolute atomic E-state index is 0.0437. The second-order valence-electron chi connectivity index (χ2n) is 6.64. The van der Waals surface area contributed by atoms with Gasteiger partial charge in [0.2, 0.25) is 0 Å². The molecule has 1 heterocycles. The molecule has 0 bridgehead atoms. The number of nitrogens with zero attached hydrogens (tertiary/aromatic N) is 1. The van der Waals surface area contributed by atoms with Crippen LogP contribution in [0.25, 0.3) is 0 Å². The van der Waals surface area contributed by atoms with Crippen molar-refractivity contribution in [1.82, 2.24) is 4.98 Å². The fraction of sp³-hybridized carbons (Fsp3) is 0.368. The molecule has 2 atom stereocenters. The van der Waals surface area contributed by atoms with Gasteiger partial charge < -0.3 is 26.8 Å². The van der Waals surface area contributed by atoms with E-state index < -0.39 is 5.91 Å². The third-order valence-electron chi connectivity index (χ3n) is 4.72. The van der Waals surface area contributed by atoms with Crippen LogP contribution in [0.5, 0.6) is 5.75 Å². The Morgan fingerprint density at radius 3 is 2.74 bits per heavy atom. The first-order chi connectivity index (χ1) is 13.0. The molecule has 0 aliphatic heterocycles. The predicted molar refractivity (Wildman–Crippen MR) is 108 cm³/mol. The molecule has 3 rings (SSSR count). The monoisotopic (exact) mass is 389 g/mol. The van der Waals surface area contributed by atoms with Gasteiger partial charge in [0.05, 0.1) is 17.7 Å². The van der Waals surface area contributed by atoms with Gasteiger partial charge in [0.25, 0.3) is 5.91 Å². The van der Waals surface area contributed by atoms with E-state index in [1.807, 2.05) is 18.2 Å². The highest BCUT2D eigenvalue weighted by molar-refractivity contribution is 6.33. The average Bonchev–Trinajstić information content (AvgIpc) is 2.66. The molecule has 0 unspecified atom stereocenters. The van der Waals surface area contributed by atoms with Gasteiger partial charge in [-0.1, -0.05) is 30.5 Å². The van der Waals surface area contributed by atoms with Crippen molar-refractivity contribution in [2.24, 2.45) is 11.5 Å². The quantitative estimate of drug-likeness (QED) is 0.602. The van der Waals surface area contributed by atoms with Gasteiger partial charge in [-0.25, -0.2) is 4.98 Å². The highest BCUT2D eigenvalue weighted by Gasteiger charge is 2.24. The van der Waals surface area contributed by atoms with E-state index in [2.05, 4.69) is 15.6 Å². The lowest BCUT2D eigenvalue weighted by atomic mass is 9.91. The predicted octanol–water partition coefficient (Wildman–Crippen LogP) is 3.27. The lowest BCUT2D eigenvalue weighted by Gasteiger charge is -2.30. The van der Waals surface area contributed by atoms with Crippen LogP contribution in [0.1, 0.15) is 36.0 Å². The largest absolute Gasteiger partial charge is 0.497 e. The molecule has 0 radical (unpaired) electrons. The zero-order valence-corrected chi connectivity index (χ0v) is 15.9. The number of benzene rings is 1. The van der Waals surface area contributed by atoms with Crippen molar-refractivity contribution >= 4 is 34.8 Å². The summed E-state index contributed by atoms with van der Waals surface area (Å²) in [5.41, 5.74) is 12.6. The van der Waals surface area contributed by atoms with Gasteiger partial charge in [-0.15, -0.1) is 0 Å². The smallest absolute Gasteiger partial charge is 0.252 e. The van der Waals surface area contributed by atoms with E-state index in [0.717, 1.165) is 25.7 Å². The number of carbonyl (C=O) groups excluding carboxylic acids is 1. The first-order valence-corrected chi connectivity index (χ1v) is 9.29. The summed E-state index contributed by atoms with van der Waals surface area (Å²) in [5.74, 6) is 0.873. The Bertz CT molecular complexity index is 830. The number of ether oxygens (including phenoxy) is 1. The summed E-state index contributed by atoms with van der Waals surface area (Å²) in [6, 6.07) is 8.96. The van der Waals surface area contributed by atoms with Crippen LogP contribution in [0.4, 0.5) is 17.3 Å². The van der Waals surface area contributed by atoms with Crippen LogP contribution in [-0.4, -0.2) is 30.1 Å². The molecule has 1 aromatic heterocycles. The van der Waals surface area contributed by atoms with Crippen molar-refractivity contribution in [3.05, 3.63) is 40.9 Å². The maximum absolute atomic E-state index is 11.9. The van der Waals surface area contributed by atoms with Gasteiger partial charge >= 0.3 is 0 Å². The molecule has 1 aliphatic rings. The first-order valence-electron chi connectivity index (χ1n) is 8.91. The van der Waals surface area contributed by atoms with Crippen LogP contribution in [-0.2, 0) is 0 Å². The average molecular weight is 390 g/mol. The lowest BCUT2D eigenvalue weighted by molar-refractivity contribution is 0.100. The normalized spacial score (nSPS) is 19.4. The summed E-state index contributed by atoms with van der Waals surface area (Å²) >= 11 is 6.34. The zero-order valence-electron chi connectivity index (χ0n) is 15.2. The second-order valence-corrected chi connectivity index (χ2v) is 7.04. The zero-order chi connectivity index (χ0) is 19.4. The Morgan fingerprint density at radius 2 is 2.04 bits per heavy atom. The number of carbonyl (C=O) groups is 1. The number of anilines is 3. The van der Waals surface area contributed by atoms with Crippen molar-refractivity contribution in [2.75, 3.05) is 17.7 Å². The third-order valence-corrected chi connectivity index (χ3v) is 5.00.